The second-order valence-corrected chi connectivity index (χ2v) is 5.99. The Morgan fingerprint density at radius 2 is 1.17 bits per heavy atom. The smallest absolute Gasteiger partial charge is 0.0249 e. The first-order chi connectivity index (χ1) is 11.8. The van der Waals surface area contributed by atoms with Crippen molar-refractivity contribution in [3.63, 3.8) is 0 Å². The predicted molar refractivity (Wildman–Crippen MR) is 104 cm³/mol. The molecule has 0 radical (unpaired) electrons. The van der Waals surface area contributed by atoms with Crippen molar-refractivity contribution in [2.75, 3.05) is 0 Å². The van der Waals surface area contributed by atoms with Gasteiger partial charge in [0.05, 0.1) is 0 Å². The van der Waals surface area contributed by atoms with Gasteiger partial charge in [0, 0.05) is 23.1 Å². The summed E-state index contributed by atoms with van der Waals surface area (Å²) in [5, 5.41) is 0. The summed E-state index contributed by atoms with van der Waals surface area (Å²) in [5.41, 5.74) is 4.51. The fourth-order valence-corrected chi connectivity index (χ4v) is 2.41. The lowest BCUT2D eigenvalue weighted by Crippen LogP contribution is -1.81. The van der Waals surface area contributed by atoms with Gasteiger partial charge in [-0.25, -0.2) is 0 Å². The van der Waals surface area contributed by atoms with Crippen molar-refractivity contribution < 1.29 is 0 Å². The Hall–Kier alpha value is -2.44. The highest BCUT2D eigenvalue weighted by Crippen LogP contribution is 2.06. The van der Waals surface area contributed by atoms with Gasteiger partial charge in [-0.05, 0) is 54.8 Å². The minimum Gasteiger partial charge on any atom is -0.0979 e. The van der Waals surface area contributed by atoms with Gasteiger partial charge in [0.25, 0.3) is 0 Å². The van der Waals surface area contributed by atoms with E-state index in [0.29, 0.717) is 0 Å². The third kappa shape index (κ3) is 6.36. The molecule has 122 valence electrons. The number of rotatable bonds is 5. The monoisotopic (exact) mass is 314 g/mol. The van der Waals surface area contributed by atoms with Crippen molar-refractivity contribution in [2.24, 2.45) is 0 Å². The van der Waals surface area contributed by atoms with Gasteiger partial charge in [-0.15, -0.1) is 0 Å². The molecule has 0 aliphatic carbocycles. The Labute approximate surface area is 147 Å². The molecule has 0 spiro atoms. The van der Waals surface area contributed by atoms with Crippen LogP contribution in [0.15, 0.2) is 48.5 Å². The zero-order chi connectivity index (χ0) is 17.0. The van der Waals surface area contributed by atoms with E-state index in [0.717, 1.165) is 29.5 Å². The quantitative estimate of drug-likeness (QED) is 0.471. The lowest BCUT2D eigenvalue weighted by Gasteiger charge is -1.95. The molecule has 0 atom stereocenters. The largest absolute Gasteiger partial charge is 0.0979 e. The van der Waals surface area contributed by atoms with Gasteiger partial charge in [-0.2, -0.15) is 0 Å². The molecule has 24 heavy (non-hydrogen) atoms. The summed E-state index contributed by atoms with van der Waals surface area (Å²) in [6.07, 6.45) is 7.15. The van der Waals surface area contributed by atoms with E-state index in [9.17, 15) is 0 Å². The minimum absolute atomic E-state index is 0.995. The van der Waals surface area contributed by atoms with Gasteiger partial charge in [0.1, 0.15) is 0 Å². The van der Waals surface area contributed by atoms with Gasteiger partial charge in [-0.1, -0.05) is 68.9 Å². The minimum atomic E-state index is 0.995. The van der Waals surface area contributed by atoms with E-state index in [4.69, 9.17) is 0 Å². The van der Waals surface area contributed by atoms with Crippen LogP contribution in [0.4, 0.5) is 0 Å². The number of hydrogen-bond acceptors (Lipinski definition) is 0. The first kappa shape index (κ1) is 17.9. The molecule has 2 aromatic carbocycles. The van der Waals surface area contributed by atoms with Crippen molar-refractivity contribution >= 4 is 0 Å². The number of aryl methyl sites for hydroxylation is 1. The Morgan fingerprint density at radius 1 is 0.625 bits per heavy atom. The summed E-state index contributed by atoms with van der Waals surface area (Å²) in [6, 6.07) is 16.7. The van der Waals surface area contributed by atoms with Gasteiger partial charge >= 0.3 is 0 Å². The molecule has 0 aliphatic rings. The number of unbranched alkanes of at least 4 members (excludes halogenated alkanes) is 4. The van der Waals surface area contributed by atoms with Crippen LogP contribution < -0.4 is 0 Å². The lowest BCUT2D eigenvalue weighted by molar-refractivity contribution is 0.679. The van der Waals surface area contributed by atoms with Crippen LogP contribution in [0.25, 0.3) is 0 Å². The fourth-order valence-electron chi connectivity index (χ4n) is 2.41. The summed E-state index contributed by atoms with van der Waals surface area (Å²) in [6.45, 7) is 4.40. The van der Waals surface area contributed by atoms with Gasteiger partial charge in [0.15, 0.2) is 0 Å². The van der Waals surface area contributed by atoms with Crippen LogP contribution in [0.3, 0.4) is 0 Å². The summed E-state index contributed by atoms with van der Waals surface area (Å²) < 4.78 is 0. The van der Waals surface area contributed by atoms with Crippen LogP contribution in [0.5, 0.6) is 0 Å². The SMILES string of the molecule is CCCCCCC#Cc1ccc(C#Cc2ccc(CC)cc2)cc1. The van der Waals surface area contributed by atoms with Crippen LogP contribution >= 0.6 is 0 Å². The zero-order valence-corrected chi connectivity index (χ0v) is 14.9. The summed E-state index contributed by atoms with van der Waals surface area (Å²) in [5.74, 6) is 12.9. The van der Waals surface area contributed by atoms with Crippen LogP contribution in [0.1, 0.15) is 68.2 Å². The van der Waals surface area contributed by atoms with E-state index in [1.165, 1.54) is 31.2 Å². The molecule has 0 heterocycles. The maximum absolute atomic E-state index is 3.26. The molecule has 0 aromatic heterocycles. The summed E-state index contributed by atoms with van der Waals surface area (Å²) >= 11 is 0. The standard InChI is InChI=1S/C24H26/c1-3-5-6-7-8-9-10-22-15-17-24(18-16-22)20-19-23-13-11-21(4-2)12-14-23/h11-18H,3-8H2,1-2H3. The van der Waals surface area contributed by atoms with Crippen LogP contribution in [-0.2, 0) is 6.42 Å². The lowest BCUT2D eigenvalue weighted by atomic mass is 10.1. The molecule has 0 amide bonds. The topological polar surface area (TPSA) is 0 Å². The Morgan fingerprint density at radius 3 is 1.71 bits per heavy atom. The van der Waals surface area contributed by atoms with E-state index in [1.807, 2.05) is 0 Å². The molecule has 2 aromatic rings. The second-order valence-electron chi connectivity index (χ2n) is 5.99. The molecule has 0 heteroatoms. The number of hydrogen-bond donors (Lipinski definition) is 0. The van der Waals surface area contributed by atoms with E-state index in [-0.39, 0.29) is 0 Å². The second kappa shape index (κ2) is 10.4. The molecule has 0 bridgehead atoms. The number of benzene rings is 2. The van der Waals surface area contributed by atoms with Crippen molar-refractivity contribution in [2.45, 2.75) is 52.4 Å². The van der Waals surface area contributed by atoms with E-state index < -0.39 is 0 Å². The van der Waals surface area contributed by atoms with E-state index in [1.54, 1.807) is 0 Å². The molecule has 0 N–H and O–H groups in total. The third-order valence-electron chi connectivity index (χ3n) is 3.99. The van der Waals surface area contributed by atoms with Crippen molar-refractivity contribution in [1.82, 2.24) is 0 Å². The molecular weight excluding hydrogens is 288 g/mol. The highest BCUT2D eigenvalue weighted by atomic mass is 14.0. The third-order valence-corrected chi connectivity index (χ3v) is 3.99. The summed E-state index contributed by atoms with van der Waals surface area (Å²) in [7, 11) is 0. The predicted octanol–water partition coefficient (Wildman–Crippen LogP) is 5.97. The molecule has 0 saturated carbocycles. The Bertz CT molecular complexity index is 725. The maximum atomic E-state index is 3.26. The molecule has 0 saturated heterocycles. The van der Waals surface area contributed by atoms with E-state index >= 15 is 0 Å². The normalized spacial score (nSPS) is 9.58. The Kier molecular flexibility index (Phi) is 7.73. The molecule has 0 unspecified atom stereocenters. The van der Waals surface area contributed by atoms with Crippen LogP contribution in [0, 0.1) is 23.7 Å². The fraction of sp³-hybridized carbons (Fsp3) is 0.333. The zero-order valence-electron chi connectivity index (χ0n) is 14.9. The molecule has 2 rings (SSSR count). The van der Waals surface area contributed by atoms with E-state index in [2.05, 4.69) is 86.1 Å². The van der Waals surface area contributed by atoms with Gasteiger partial charge in [-0.3, -0.25) is 0 Å². The summed E-state index contributed by atoms with van der Waals surface area (Å²) in [4.78, 5) is 0. The van der Waals surface area contributed by atoms with Crippen molar-refractivity contribution in [1.29, 1.82) is 0 Å². The highest BCUT2D eigenvalue weighted by Gasteiger charge is 1.91. The highest BCUT2D eigenvalue weighted by molar-refractivity contribution is 5.46. The van der Waals surface area contributed by atoms with Crippen molar-refractivity contribution in [3.8, 4) is 23.7 Å². The van der Waals surface area contributed by atoms with Crippen LogP contribution in [-0.4, -0.2) is 0 Å². The molecule has 0 aliphatic heterocycles. The van der Waals surface area contributed by atoms with Crippen LogP contribution in [0.2, 0.25) is 0 Å². The van der Waals surface area contributed by atoms with Crippen molar-refractivity contribution in [3.05, 3.63) is 70.8 Å². The molecule has 0 nitrogen and oxygen atoms in total. The maximum Gasteiger partial charge on any atom is 0.0249 e. The van der Waals surface area contributed by atoms with Gasteiger partial charge < -0.3 is 0 Å². The first-order valence-electron chi connectivity index (χ1n) is 9.01. The average Bonchev–Trinajstić information content (AvgIpc) is 2.64. The Balaban J connectivity index is 1.90. The van der Waals surface area contributed by atoms with Gasteiger partial charge in [0.2, 0.25) is 0 Å². The first-order valence-corrected chi connectivity index (χ1v) is 9.01. The average molecular weight is 314 g/mol. The molecular formula is C24H26. The molecule has 0 fully saturated rings.